The van der Waals surface area contributed by atoms with E-state index in [1.807, 2.05) is 136 Å². The van der Waals surface area contributed by atoms with Crippen molar-refractivity contribution < 1.29 is 14.4 Å². The summed E-state index contributed by atoms with van der Waals surface area (Å²) in [6, 6.07) is 0. The van der Waals surface area contributed by atoms with E-state index >= 15 is 0 Å². The Morgan fingerprint density at radius 2 is 0.712 bits per heavy atom. The number of hydrogen-bond acceptors (Lipinski definition) is 9. The Morgan fingerprint density at radius 1 is 0.438 bits per heavy atom. The van der Waals surface area contributed by atoms with Crippen LogP contribution in [0.5, 0.6) is 0 Å². The van der Waals surface area contributed by atoms with E-state index in [0.717, 1.165) is 5.69 Å². The smallest absolute Gasteiger partial charge is 0.253 e. The maximum absolute atomic E-state index is 11.5. The number of amides is 2. The van der Waals surface area contributed by atoms with Crippen molar-refractivity contribution in [3.63, 3.8) is 0 Å². The average molecular weight is 1030 g/mol. The van der Waals surface area contributed by atoms with Gasteiger partial charge in [-0.25, -0.2) is 4.68 Å². The fourth-order valence-electron chi connectivity index (χ4n) is 6.21. The summed E-state index contributed by atoms with van der Waals surface area (Å²) < 4.78 is 1.91. The molecule has 0 spiro atoms. The molecular formula is C61H123N7O5. The number of carbonyl (C=O) groups is 3. The number of rotatable bonds is 4. The summed E-state index contributed by atoms with van der Waals surface area (Å²) in [6.07, 6.45) is 4.72. The first-order chi connectivity index (χ1) is 30.8. The summed E-state index contributed by atoms with van der Waals surface area (Å²) in [7, 11) is 0. The molecule has 2 rings (SSSR count). The van der Waals surface area contributed by atoms with Gasteiger partial charge < -0.3 is 21.3 Å². The van der Waals surface area contributed by atoms with E-state index in [1.54, 1.807) is 0 Å². The lowest BCUT2D eigenvalue weighted by Crippen LogP contribution is -2.46. The average Bonchev–Trinajstić information content (AvgIpc) is 3.54. The quantitative estimate of drug-likeness (QED) is 0.218. The van der Waals surface area contributed by atoms with Crippen LogP contribution in [0.2, 0.25) is 0 Å². The SMILES string of the molecule is C.CC(C)(C)CC(=O)CC(C)(C)C.CC(C)(C)CC(C)(C)C.CC(C)(C)NC(=O)C(C)(C)C.CC(C)(C)NC(=O)C(C)(C)C.CC(C)(C)Nc1c(NC(C)(C)C)c(=O)c1=O.CC(C)(C)c1cn(C(C)(C)C)nn1. The first kappa shape index (κ1) is 78.3. The zero-order valence-corrected chi connectivity index (χ0v) is 54.1. The highest BCUT2D eigenvalue weighted by Crippen LogP contribution is 2.32. The Kier molecular flexibility index (Phi) is 30.0. The zero-order chi connectivity index (χ0) is 59.3. The molecule has 2 aromatic rings. The van der Waals surface area contributed by atoms with Crippen LogP contribution in [0.25, 0.3) is 0 Å². The van der Waals surface area contributed by atoms with Crippen LogP contribution in [0, 0.1) is 32.5 Å². The van der Waals surface area contributed by atoms with Crippen molar-refractivity contribution in [2.45, 2.75) is 309 Å². The van der Waals surface area contributed by atoms with Crippen LogP contribution in [0.3, 0.4) is 0 Å². The van der Waals surface area contributed by atoms with E-state index in [2.05, 4.69) is 156 Å². The molecule has 12 heteroatoms. The normalized spacial score (nSPS) is 13.0. The second-order valence-electron chi connectivity index (χ2n) is 32.8. The van der Waals surface area contributed by atoms with Gasteiger partial charge in [-0.05, 0) is 132 Å². The first-order valence-corrected chi connectivity index (χ1v) is 26.3. The molecular weight excluding hydrogens is 911 g/mol. The lowest BCUT2D eigenvalue weighted by atomic mass is 9.78. The van der Waals surface area contributed by atoms with E-state index in [-0.39, 0.29) is 74.0 Å². The van der Waals surface area contributed by atoms with Gasteiger partial charge in [0.25, 0.3) is 10.9 Å². The van der Waals surface area contributed by atoms with Crippen LogP contribution in [0.4, 0.5) is 11.4 Å². The third-order valence-corrected chi connectivity index (χ3v) is 8.71. The highest BCUT2D eigenvalue weighted by molar-refractivity contribution is 5.82. The summed E-state index contributed by atoms with van der Waals surface area (Å²) in [5.41, 5.74) is 1.11. The minimum absolute atomic E-state index is 0. The summed E-state index contributed by atoms with van der Waals surface area (Å²) in [5.74, 6) is 0.588. The third-order valence-electron chi connectivity index (χ3n) is 8.71. The number of nitrogens with one attached hydrogen (secondary N) is 4. The van der Waals surface area contributed by atoms with Crippen LogP contribution in [0.15, 0.2) is 15.8 Å². The van der Waals surface area contributed by atoms with Gasteiger partial charge in [-0.15, -0.1) is 5.10 Å². The molecule has 1 heterocycles. The maximum Gasteiger partial charge on any atom is 0.253 e. The van der Waals surface area contributed by atoms with Crippen LogP contribution in [-0.2, 0) is 25.3 Å². The third kappa shape index (κ3) is 45.5. The van der Waals surface area contributed by atoms with Crippen molar-refractivity contribution in [3.8, 4) is 0 Å². The number of Topliss-reactive ketones (excluding diaryl/α,β-unsaturated/α-hetero) is 1. The predicted molar refractivity (Wildman–Crippen MR) is 320 cm³/mol. The minimum atomic E-state index is -0.429. The Hall–Kier alpha value is -3.57. The fraction of sp³-hybridized carbons (Fsp3) is 0.852. The Labute approximate surface area is 451 Å². The molecule has 432 valence electrons. The summed E-state index contributed by atoms with van der Waals surface area (Å²) in [4.78, 5) is 57.1. The largest absolute Gasteiger partial charge is 0.375 e. The monoisotopic (exact) mass is 1030 g/mol. The van der Waals surface area contributed by atoms with Crippen molar-refractivity contribution in [2.24, 2.45) is 32.5 Å². The number of aromatic nitrogens is 3. The molecule has 2 amide bonds. The number of anilines is 2. The molecule has 0 fully saturated rings. The lowest BCUT2D eigenvalue weighted by Gasteiger charge is -2.28. The van der Waals surface area contributed by atoms with Gasteiger partial charge in [0, 0.05) is 57.4 Å². The number of hydrogen-bond donors (Lipinski definition) is 4. The molecule has 1 aromatic carbocycles. The van der Waals surface area contributed by atoms with Gasteiger partial charge in [-0.1, -0.05) is 158 Å². The van der Waals surface area contributed by atoms with Gasteiger partial charge in [0.2, 0.25) is 11.8 Å². The molecule has 0 aliphatic rings. The van der Waals surface area contributed by atoms with Crippen molar-refractivity contribution >= 4 is 29.0 Å². The molecule has 0 bridgehead atoms. The van der Waals surface area contributed by atoms with Gasteiger partial charge in [0.05, 0.1) is 11.2 Å². The summed E-state index contributed by atoms with van der Waals surface area (Å²) in [6.45, 7) is 74.2. The van der Waals surface area contributed by atoms with Crippen molar-refractivity contribution in [1.29, 1.82) is 0 Å². The summed E-state index contributed by atoms with van der Waals surface area (Å²) >= 11 is 0. The molecule has 73 heavy (non-hydrogen) atoms. The van der Waals surface area contributed by atoms with Crippen LogP contribution < -0.4 is 32.1 Å². The van der Waals surface area contributed by atoms with E-state index < -0.39 is 10.9 Å². The Balaban J connectivity index is -0.000000255. The van der Waals surface area contributed by atoms with Gasteiger partial charge in [0.1, 0.15) is 17.2 Å². The molecule has 0 aliphatic carbocycles. The summed E-state index contributed by atoms with van der Waals surface area (Å²) in [5, 5.41) is 20.2. The lowest BCUT2D eigenvalue weighted by molar-refractivity contribution is -0.130. The maximum atomic E-state index is 11.5. The number of ketones is 1. The molecule has 0 saturated heterocycles. The standard InChI is InChI=1S/C12H20N2O2.C11H22O.C10H19N3.2C9H19NO.C9H20.CH4/c1-11(2,3)13-7-8(10(16)9(7)15)14-12(4,5)6;1-10(2,3)7-9(12)8-11(4,5)6;1-9(2,3)8-7-13(12-11-8)10(4,5)6;2*1-8(2,3)7(11)10-9(4,5)6;1-8(2,3)7-9(4,5)6;/h13-14H,1-6H3;7-8H2,1-6H3;7H,1-6H3;2*1-6H3,(H,10,11);7H2,1-6H3;1H4. The Bertz CT molecular complexity index is 1860. The molecule has 0 saturated carbocycles. The van der Waals surface area contributed by atoms with E-state index in [9.17, 15) is 24.0 Å². The molecule has 12 nitrogen and oxygen atoms in total. The van der Waals surface area contributed by atoms with Crippen LogP contribution in [-0.4, -0.2) is 54.7 Å². The van der Waals surface area contributed by atoms with Gasteiger partial charge in [-0.3, -0.25) is 24.0 Å². The fourth-order valence-corrected chi connectivity index (χ4v) is 6.21. The predicted octanol–water partition coefficient (Wildman–Crippen LogP) is 15.5. The van der Waals surface area contributed by atoms with Gasteiger partial charge >= 0.3 is 0 Å². The van der Waals surface area contributed by atoms with E-state index in [0.29, 0.717) is 40.8 Å². The highest BCUT2D eigenvalue weighted by atomic mass is 16.2. The molecule has 0 aliphatic heterocycles. The molecule has 0 unspecified atom stereocenters. The van der Waals surface area contributed by atoms with E-state index in [4.69, 9.17) is 0 Å². The van der Waals surface area contributed by atoms with Crippen LogP contribution in [0.1, 0.15) is 282 Å². The molecule has 4 N–H and O–H groups in total. The zero-order valence-electron chi connectivity index (χ0n) is 54.1. The van der Waals surface area contributed by atoms with Gasteiger partial charge in [-0.2, -0.15) is 0 Å². The molecule has 0 atom stereocenters. The second-order valence-corrected chi connectivity index (χ2v) is 32.8. The highest BCUT2D eigenvalue weighted by Gasteiger charge is 2.29. The number of carbonyl (C=O) groups excluding carboxylic acids is 3. The second kappa shape index (κ2) is 28.0. The minimum Gasteiger partial charge on any atom is -0.375 e. The molecule has 0 radical (unpaired) electrons. The number of nitrogens with zero attached hydrogens (tertiary/aromatic N) is 3. The van der Waals surface area contributed by atoms with E-state index in [1.165, 1.54) is 6.42 Å². The first-order valence-electron chi connectivity index (χ1n) is 26.3. The van der Waals surface area contributed by atoms with Crippen molar-refractivity contribution in [3.05, 3.63) is 32.3 Å². The molecule has 1 aromatic heterocycles. The van der Waals surface area contributed by atoms with Crippen molar-refractivity contribution in [2.75, 3.05) is 10.6 Å². The van der Waals surface area contributed by atoms with Crippen LogP contribution >= 0.6 is 0 Å². The Morgan fingerprint density at radius 3 is 0.836 bits per heavy atom. The topological polar surface area (TPSA) is 164 Å². The van der Waals surface area contributed by atoms with Crippen molar-refractivity contribution in [1.82, 2.24) is 25.6 Å². The van der Waals surface area contributed by atoms with Gasteiger partial charge in [0.15, 0.2) is 0 Å².